The number of aliphatic hydroxyl groups is 1. The van der Waals surface area contributed by atoms with E-state index in [-0.39, 0.29) is 48.3 Å². The Morgan fingerprint density at radius 3 is 2.33 bits per heavy atom. The van der Waals surface area contributed by atoms with Crippen LogP contribution < -0.4 is 19.7 Å². The second kappa shape index (κ2) is 15.9. The first-order valence-electron chi connectivity index (χ1n) is 20.7. The summed E-state index contributed by atoms with van der Waals surface area (Å²) in [4.78, 5) is 48.5. The van der Waals surface area contributed by atoms with Crippen LogP contribution >= 0.6 is 0 Å². The molecule has 4 aliphatic heterocycles. The maximum atomic E-state index is 15.3. The van der Waals surface area contributed by atoms with E-state index >= 15 is 4.79 Å². The number of methoxy groups -OCH3 is 1. The number of hydrogen-bond donors (Lipinski definition) is 1. The molecule has 10 heteroatoms. The van der Waals surface area contributed by atoms with E-state index in [0.29, 0.717) is 25.9 Å². The van der Waals surface area contributed by atoms with Crippen molar-refractivity contribution in [2.45, 2.75) is 101 Å². The van der Waals surface area contributed by atoms with Crippen LogP contribution in [0.4, 0.5) is 11.4 Å². The van der Waals surface area contributed by atoms with Gasteiger partial charge in [0, 0.05) is 36.7 Å². The molecule has 0 aliphatic carbocycles. The van der Waals surface area contributed by atoms with E-state index in [1.807, 2.05) is 87.5 Å². The maximum Gasteiger partial charge on any atom is 0.264 e. The average molecular weight is 786 g/mol. The molecule has 1 spiro atoms. The number of nitrogens with zero attached hydrogens (tertiary/aromatic N) is 3. The Labute approximate surface area is 337 Å². The predicted molar refractivity (Wildman–Crippen MR) is 225 cm³/mol. The van der Waals surface area contributed by atoms with Crippen LogP contribution in [0.5, 0.6) is 5.75 Å². The van der Waals surface area contributed by atoms with Crippen LogP contribution in [0.1, 0.15) is 67.7 Å². The lowest BCUT2D eigenvalue weighted by Crippen LogP contribution is -2.52. The summed E-state index contributed by atoms with van der Waals surface area (Å²) in [6.07, 6.45) is 4.88. The Kier molecular flexibility index (Phi) is 10.9. The SMILES string of the molecule is COc1ccc([Si](C)(C)[C@H]2[C@H](CC(=O)N3Cc4ccccc4C[C@H]3CO)O[C@@]3(C(=O)N(Cc4ccc(N5CCCCCCC5=O)cc4)c4ccccc43)[C@@H]2C)cc1. The molecule has 3 amide bonds. The second-order valence-corrected chi connectivity index (χ2v) is 21.7. The Morgan fingerprint density at radius 2 is 1.60 bits per heavy atom. The molecular weight excluding hydrogens is 731 g/mol. The lowest BCUT2D eigenvalue weighted by atomic mass is 9.82. The number of benzene rings is 4. The van der Waals surface area contributed by atoms with Gasteiger partial charge in [-0.05, 0) is 71.8 Å². The molecule has 57 heavy (non-hydrogen) atoms. The van der Waals surface area contributed by atoms with Gasteiger partial charge in [0.05, 0.1) is 52.6 Å². The Balaban J connectivity index is 1.13. The largest absolute Gasteiger partial charge is 0.497 e. The first-order valence-corrected chi connectivity index (χ1v) is 23.7. The third-order valence-electron chi connectivity index (χ3n) is 13.4. The van der Waals surface area contributed by atoms with Gasteiger partial charge >= 0.3 is 0 Å². The van der Waals surface area contributed by atoms with Crippen molar-refractivity contribution < 1.29 is 29.0 Å². The number of para-hydroxylation sites is 1. The van der Waals surface area contributed by atoms with E-state index in [9.17, 15) is 14.7 Å². The maximum absolute atomic E-state index is 15.3. The number of anilines is 2. The minimum absolute atomic E-state index is 0.0727. The van der Waals surface area contributed by atoms with Gasteiger partial charge in [-0.2, -0.15) is 0 Å². The van der Waals surface area contributed by atoms with Crippen LogP contribution in [0.3, 0.4) is 0 Å². The molecule has 298 valence electrons. The number of carbonyl (C=O) groups excluding carboxylic acids is 3. The molecule has 4 aliphatic rings. The molecule has 9 nitrogen and oxygen atoms in total. The summed E-state index contributed by atoms with van der Waals surface area (Å²) in [7, 11) is -0.825. The number of carbonyl (C=O) groups is 3. The van der Waals surface area contributed by atoms with Crippen LogP contribution in [-0.2, 0) is 44.2 Å². The van der Waals surface area contributed by atoms with Gasteiger partial charge in [0.2, 0.25) is 11.8 Å². The summed E-state index contributed by atoms with van der Waals surface area (Å²) in [6.45, 7) is 8.17. The van der Waals surface area contributed by atoms with Crippen molar-refractivity contribution >= 4 is 42.4 Å². The van der Waals surface area contributed by atoms with Gasteiger partial charge in [0.25, 0.3) is 5.91 Å². The smallest absolute Gasteiger partial charge is 0.264 e. The van der Waals surface area contributed by atoms with Gasteiger partial charge in [-0.3, -0.25) is 14.4 Å². The van der Waals surface area contributed by atoms with Crippen molar-refractivity contribution in [2.24, 2.45) is 5.92 Å². The summed E-state index contributed by atoms with van der Waals surface area (Å²) in [5.74, 6) is 0.505. The quantitative estimate of drug-likeness (QED) is 0.182. The lowest BCUT2D eigenvalue weighted by molar-refractivity contribution is -0.151. The highest BCUT2D eigenvalue weighted by atomic mass is 28.3. The van der Waals surface area contributed by atoms with E-state index in [4.69, 9.17) is 9.47 Å². The van der Waals surface area contributed by atoms with Crippen molar-refractivity contribution in [1.82, 2.24) is 4.90 Å². The molecule has 0 aromatic heterocycles. The van der Waals surface area contributed by atoms with Gasteiger partial charge in [-0.15, -0.1) is 0 Å². The molecule has 8 rings (SSSR count). The predicted octanol–water partition coefficient (Wildman–Crippen LogP) is 7.09. The fraction of sp³-hybridized carbons (Fsp3) is 0.426. The second-order valence-electron chi connectivity index (χ2n) is 17.0. The minimum atomic E-state index is -2.49. The Hall–Kier alpha value is -4.77. The highest BCUT2D eigenvalue weighted by Crippen LogP contribution is 2.60. The molecule has 0 radical (unpaired) electrons. The number of rotatable bonds is 9. The first-order chi connectivity index (χ1) is 27.6. The molecular formula is C47H55N3O6Si. The topological polar surface area (TPSA) is 99.6 Å². The van der Waals surface area contributed by atoms with Crippen LogP contribution in [-0.4, -0.2) is 68.2 Å². The van der Waals surface area contributed by atoms with Crippen LogP contribution in [0.2, 0.25) is 18.6 Å². The molecule has 0 saturated carbocycles. The van der Waals surface area contributed by atoms with Gasteiger partial charge in [-0.25, -0.2) is 0 Å². The molecule has 4 aromatic rings. The van der Waals surface area contributed by atoms with Crippen LogP contribution in [0, 0.1) is 5.92 Å². The summed E-state index contributed by atoms with van der Waals surface area (Å²) < 4.78 is 12.8. The molecule has 2 fully saturated rings. The molecule has 2 saturated heterocycles. The molecule has 0 unspecified atom stereocenters. The molecule has 0 bridgehead atoms. The molecule has 4 heterocycles. The average Bonchev–Trinajstić information content (AvgIpc) is 3.65. The summed E-state index contributed by atoms with van der Waals surface area (Å²) in [5, 5.41) is 11.7. The number of aliphatic hydroxyl groups excluding tert-OH is 1. The third kappa shape index (κ3) is 6.99. The molecule has 5 atom stereocenters. The fourth-order valence-corrected chi connectivity index (χ4v) is 14.4. The van der Waals surface area contributed by atoms with Crippen molar-refractivity contribution in [3.05, 3.63) is 119 Å². The van der Waals surface area contributed by atoms with Crippen LogP contribution in [0.25, 0.3) is 0 Å². The van der Waals surface area contributed by atoms with E-state index in [0.717, 1.165) is 71.6 Å². The first kappa shape index (κ1) is 39.1. The highest BCUT2D eigenvalue weighted by Gasteiger charge is 2.66. The standard InChI is InChI=1S/C47H55N3O6Si/c1-32-45(57(3,4)39-24-22-38(55-2)23-25-39)42(28-44(53)49-30-35-14-9-8-13-34(35)27-37(49)31-51)56-47(32)40-15-10-11-16-41(40)50(46(47)54)29-33-18-20-36(21-19-33)48-26-12-6-5-7-17-43(48)52/h8-11,13-16,18-25,32,37,42,45,51H,5-7,12,17,26-31H2,1-4H3/t32-,37+,42+,45-,47+/m1/s1. The van der Waals surface area contributed by atoms with E-state index in [1.54, 1.807) is 7.11 Å². The molecule has 1 N–H and O–H groups in total. The normalized spacial score (nSPS) is 25.0. The summed E-state index contributed by atoms with van der Waals surface area (Å²) >= 11 is 0. The number of fused-ring (bicyclic) bond motifs is 3. The van der Waals surface area contributed by atoms with Gasteiger partial charge < -0.3 is 29.3 Å². The Bertz CT molecular complexity index is 2120. The van der Waals surface area contributed by atoms with E-state index in [1.165, 1.54) is 5.19 Å². The van der Waals surface area contributed by atoms with Crippen molar-refractivity contribution in [3.63, 3.8) is 0 Å². The number of amides is 3. The number of hydrogen-bond acceptors (Lipinski definition) is 6. The van der Waals surface area contributed by atoms with Crippen molar-refractivity contribution in [1.29, 1.82) is 0 Å². The fourth-order valence-electron chi connectivity index (χ4n) is 10.4. The van der Waals surface area contributed by atoms with E-state index in [2.05, 4.69) is 44.3 Å². The van der Waals surface area contributed by atoms with Gasteiger partial charge in [0.15, 0.2) is 5.60 Å². The van der Waals surface area contributed by atoms with Crippen LogP contribution in [0.15, 0.2) is 97.1 Å². The van der Waals surface area contributed by atoms with Gasteiger partial charge in [0.1, 0.15) is 5.75 Å². The van der Waals surface area contributed by atoms with Crippen molar-refractivity contribution in [2.75, 3.05) is 30.1 Å². The minimum Gasteiger partial charge on any atom is -0.497 e. The summed E-state index contributed by atoms with van der Waals surface area (Å²) in [6, 6.07) is 32.1. The summed E-state index contributed by atoms with van der Waals surface area (Å²) in [5.41, 5.74) is 4.37. The van der Waals surface area contributed by atoms with Gasteiger partial charge in [-0.1, -0.05) is 105 Å². The highest BCUT2D eigenvalue weighted by molar-refractivity contribution is 6.91. The zero-order valence-electron chi connectivity index (χ0n) is 33.7. The monoisotopic (exact) mass is 785 g/mol. The lowest BCUT2D eigenvalue weighted by Gasteiger charge is -2.39. The number of ether oxygens (including phenoxy) is 2. The zero-order chi connectivity index (χ0) is 39.9. The van der Waals surface area contributed by atoms with E-state index < -0.39 is 19.8 Å². The Morgan fingerprint density at radius 1 is 0.895 bits per heavy atom. The van der Waals surface area contributed by atoms with Crippen molar-refractivity contribution in [3.8, 4) is 5.75 Å². The third-order valence-corrected chi connectivity index (χ3v) is 17.8. The zero-order valence-corrected chi connectivity index (χ0v) is 34.7. The molecule has 4 aromatic carbocycles.